The van der Waals surface area contributed by atoms with E-state index in [4.69, 9.17) is 17.3 Å². The number of halogens is 2. The van der Waals surface area contributed by atoms with E-state index in [2.05, 4.69) is 10.5 Å². The average Bonchev–Trinajstić information content (AvgIpc) is 2.42. The zero-order valence-electron chi connectivity index (χ0n) is 10.3. The molecule has 20 heavy (non-hydrogen) atoms. The lowest BCUT2D eigenvalue weighted by atomic mass is 10.2. The van der Waals surface area contributed by atoms with Crippen molar-refractivity contribution < 1.29 is 9.18 Å². The summed E-state index contributed by atoms with van der Waals surface area (Å²) in [5.41, 5.74) is 8.80. The van der Waals surface area contributed by atoms with Gasteiger partial charge in [0.2, 0.25) is 0 Å². The Balaban J connectivity index is 2.09. The molecule has 0 unspecified atom stereocenters. The van der Waals surface area contributed by atoms with Crippen LogP contribution in [-0.2, 0) is 0 Å². The van der Waals surface area contributed by atoms with Crippen molar-refractivity contribution in [3.05, 3.63) is 64.4 Å². The van der Waals surface area contributed by atoms with Crippen LogP contribution in [0.4, 0.5) is 10.1 Å². The van der Waals surface area contributed by atoms with E-state index in [0.717, 1.165) is 6.21 Å². The molecule has 0 saturated carbocycles. The van der Waals surface area contributed by atoms with Gasteiger partial charge in [-0.05, 0) is 30.3 Å². The Morgan fingerprint density at radius 1 is 1.30 bits per heavy atom. The minimum Gasteiger partial charge on any atom is -0.399 e. The molecule has 0 radical (unpaired) electrons. The number of nitrogens with one attached hydrogen (secondary N) is 1. The van der Waals surface area contributed by atoms with E-state index in [1.165, 1.54) is 24.3 Å². The highest BCUT2D eigenvalue weighted by molar-refractivity contribution is 6.33. The van der Waals surface area contributed by atoms with Gasteiger partial charge in [0, 0.05) is 16.8 Å². The maximum absolute atomic E-state index is 13.4. The molecule has 3 N–H and O–H groups in total. The Morgan fingerprint density at radius 2 is 2.05 bits per heavy atom. The highest BCUT2D eigenvalue weighted by atomic mass is 35.5. The number of carbonyl (C=O) groups excluding carboxylic acids is 1. The Kier molecular flexibility index (Phi) is 4.32. The molecule has 6 heteroatoms. The van der Waals surface area contributed by atoms with Gasteiger partial charge in [0.25, 0.3) is 5.91 Å². The van der Waals surface area contributed by atoms with E-state index in [1.54, 1.807) is 18.2 Å². The third kappa shape index (κ3) is 3.33. The number of benzene rings is 2. The first-order valence-corrected chi connectivity index (χ1v) is 6.08. The number of amides is 1. The smallest absolute Gasteiger partial charge is 0.271 e. The number of hydrogen-bond donors (Lipinski definition) is 2. The molecule has 2 rings (SSSR count). The molecule has 2 aromatic rings. The van der Waals surface area contributed by atoms with Crippen LogP contribution in [-0.4, -0.2) is 12.1 Å². The lowest BCUT2D eigenvalue weighted by molar-refractivity contribution is 0.0955. The van der Waals surface area contributed by atoms with E-state index >= 15 is 0 Å². The highest BCUT2D eigenvalue weighted by Gasteiger charge is 2.06. The van der Waals surface area contributed by atoms with Crippen LogP contribution in [0.2, 0.25) is 5.02 Å². The summed E-state index contributed by atoms with van der Waals surface area (Å²) >= 11 is 5.82. The van der Waals surface area contributed by atoms with Gasteiger partial charge in [0.15, 0.2) is 0 Å². The molecule has 0 heterocycles. The van der Waals surface area contributed by atoms with Crippen molar-refractivity contribution >= 4 is 29.4 Å². The standard InChI is InChI=1S/C14H11ClFN3O/c15-12-5-2-6-13(16)11(12)8-18-19-14(20)9-3-1-4-10(17)7-9/h1-8H,17H2,(H,19,20). The van der Waals surface area contributed by atoms with Gasteiger partial charge < -0.3 is 5.73 Å². The zero-order valence-corrected chi connectivity index (χ0v) is 11.1. The van der Waals surface area contributed by atoms with E-state index in [0.29, 0.717) is 11.3 Å². The van der Waals surface area contributed by atoms with E-state index in [1.807, 2.05) is 0 Å². The summed E-state index contributed by atoms with van der Waals surface area (Å²) in [6, 6.07) is 10.7. The first-order chi connectivity index (χ1) is 9.58. The predicted molar refractivity (Wildman–Crippen MR) is 77.3 cm³/mol. The van der Waals surface area contributed by atoms with Crippen molar-refractivity contribution in [3.8, 4) is 0 Å². The van der Waals surface area contributed by atoms with Crippen LogP contribution in [0.3, 0.4) is 0 Å². The number of rotatable bonds is 3. The number of nitrogens with zero attached hydrogens (tertiary/aromatic N) is 1. The second kappa shape index (κ2) is 6.16. The number of anilines is 1. The molecular weight excluding hydrogens is 281 g/mol. The summed E-state index contributed by atoms with van der Waals surface area (Å²) in [6.45, 7) is 0. The first-order valence-electron chi connectivity index (χ1n) is 5.71. The highest BCUT2D eigenvalue weighted by Crippen LogP contribution is 2.16. The number of nitrogens with two attached hydrogens (primary N) is 1. The van der Waals surface area contributed by atoms with E-state index < -0.39 is 11.7 Å². The molecule has 102 valence electrons. The van der Waals surface area contributed by atoms with Gasteiger partial charge in [-0.2, -0.15) is 5.10 Å². The molecule has 0 aromatic heterocycles. The molecular formula is C14H11ClFN3O. The predicted octanol–water partition coefficient (Wildman–Crippen LogP) is 2.83. The molecule has 0 bridgehead atoms. The second-order valence-corrected chi connectivity index (χ2v) is 4.37. The van der Waals surface area contributed by atoms with Crippen LogP contribution in [0, 0.1) is 5.82 Å². The van der Waals surface area contributed by atoms with Crippen LogP contribution in [0.25, 0.3) is 0 Å². The van der Waals surface area contributed by atoms with Crippen molar-refractivity contribution in [1.29, 1.82) is 0 Å². The molecule has 0 aliphatic carbocycles. The summed E-state index contributed by atoms with van der Waals surface area (Å²) in [6.07, 6.45) is 1.15. The molecule has 0 saturated heterocycles. The lowest BCUT2D eigenvalue weighted by Gasteiger charge is -2.02. The zero-order chi connectivity index (χ0) is 14.5. The van der Waals surface area contributed by atoms with Gasteiger partial charge >= 0.3 is 0 Å². The van der Waals surface area contributed by atoms with E-state index in [-0.39, 0.29) is 10.6 Å². The Hall–Kier alpha value is -2.40. The summed E-state index contributed by atoms with van der Waals surface area (Å²) in [5.74, 6) is -0.958. The van der Waals surface area contributed by atoms with Crippen molar-refractivity contribution in [3.63, 3.8) is 0 Å². The Morgan fingerprint density at radius 3 is 2.75 bits per heavy atom. The second-order valence-electron chi connectivity index (χ2n) is 3.96. The van der Waals surface area contributed by atoms with E-state index in [9.17, 15) is 9.18 Å². The topological polar surface area (TPSA) is 67.5 Å². The summed E-state index contributed by atoms with van der Waals surface area (Å²) in [4.78, 5) is 11.7. The van der Waals surface area contributed by atoms with Crippen LogP contribution < -0.4 is 11.2 Å². The fourth-order valence-corrected chi connectivity index (χ4v) is 1.75. The third-order valence-corrected chi connectivity index (χ3v) is 2.84. The summed E-state index contributed by atoms with van der Waals surface area (Å²) in [5, 5.41) is 3.89. The van der Waals surface area contributed by atoms with Gasteiger partial charge in [0.05, 0.1) is 11.2 Å². The lowest BCUT2D eigenvalue weighted by Crippen LogP contribution is -2.17. The first kappa shape index (κ1) is 14.0. The summed E-state index contributed by atoms with van der Waals surface area (Å²) in [7, 11) is 0. The van der Waals surface area contributed by atoms with Crippen molar-refractivity contribution in [2.75, 3.05) is 5.73 Å². The van der Waals surface area contributed by atoms with Crippen molar-refractivity contribution in [2.24, 2.45) is 5.10 Å². The van der Waals surface area contributed by atoms with Gasteiger partial charge in [-0.3, -0.25) is 4.79 Å². The van der Waals surface area contributed by atoms with Crippen molar-refractivity contribution in [2.45, 2.75) is 0 Å². The number of carbonyl (C=O) groups is 1. The normalized spacial score (nSPS) is 10.7. The molecule has 0 fully saturated rings. The monoisotopic (exact) mass is 291 g/mol. The fraction of sp³-hybridized carbons (Fsp3) is 0. The van der Waals surface area contributed by atoms with Gasteiger partial charge in [-0.1, -0.05) is 23.7 Å². The molecule has 0 aliphatic heterocycles. The maximum atomic E-state index is 13.4. The van der Waals surface area contributed by atoms with Crippen LogP contribution in [0.1, 0.15) is 15.9 Å². The van der Waals surface area contributed by atoms with Crippen LogP contribution in [0.5, 0.6) is 0 Å². The number of hydrogen-bond acceptors (Lipinski definition) is 3. The maximum Gasteiger partial charge on any atom is 0.271 e. The average molecular weight is 292 g/mol. The van der Waals surface area contributed by atoms with Gasteiger partial charge in [0.1, 0.15) is 5.82 Å². The fourth-order valence-electron chi connectivity index (χ4n) is 1.53. The number of hydrazone groups is 1. The molecule has 1 amide bonds. The van der Waals surface area contributed by atoms with Gasteiger partial charge in [-0.15, -0.1) is 0 Å². The third-order valence-electron chi connectivity index (χ3n) is 2.51. The quantitative estimate of drug-likeness (QED) is 0.519. The summed E-state index contributed by atoms with van der Waals surface area (Å²) < 4.78 is 13.4. The largest absolute Gasteiger partial charge is 0.399 e. The molecule has 0 aliphatic rings. The Bertz CT molecular complexity index is 653. The van der Waals surface area contributed by atoms with Gasteiger partial charge in [-0.25, -0.2) is 9.82 Å². The molecule has 0 spiro atoms. The van der Waals surface area contributed by atoms with Crippen LogP contribution >= 0.6 is 11.6 Å². The minimum absolute atomic E-state index is 0.113. The SMILES string of the molecule is Nc1cccc(C(=O)NN=Cc2c(F)cccc2Cl)c1. The Labute approximate surface area is 120 Å². The minimum atomic E-state index is -0.514. The molecule has 2 aromatic carbocycles. The number of nitrogen functional groups attached to an aromatic ring is 1. The van der Waals surface area contributed by atoms with Crippen LogP contribution in [0.15, 0.2) is 47.6 Å². The molecule has 4 nitrogen and oxygen atoms in total. The molecule has 0 atom stereocenters. The van der Waals surface area contributed by atoms with Crippen molar-refractivity contribution in [1.82, 2.24) is 5.43 Å².